The molecule has 2 aromatic carbocycles. The van der Waals surface area contributed by atoms with Crippen molar-refractivity contribution in [1.29, 1.82) is 0 Å². The Morgan fingerprint density at radius 3 is 2.35 bits per heavy atom. The van der Waals surface area contributed by atoms with Crippen molar-refractivity contribution in [2.45, 2.75) is 30.8 Å². The van der Waals surface area contributed by atoms with Gasteiger partial charge in [-0.05, 0) is 67.9 Å². The SMILES string of the molecule is C/C(=N\NC(=S)Nc1cccc(C(F)(F)F)c1)c1ccc(S(=O)(=O)N2CCCC2)cc1. The van der Waals surface area contributed by atoms with Crippen LogP contribution in [0.3, 0.4) is 0 Å². The minimum Gasteiger partial charge on any atom is -0.331 e. The summed E-state index contributed by atoms with van der Waals surface area (Å²) in [5.41, 5.74) is 3.17. The van der Waals surface area contributed by atoms with Crippen LogP contribution in [0.1, 0.15) is 30.9 Å². The Labute approximate surface area is 184 Å². The molecule has 1 aliphatic heterocycles. The van der Waals surface area contributed by atoms with Crippen molar-refractivity contribution < 1.29 is 21.6 Å². The van der Waals surface area contributed by atoms with E-state index in [1.54, 1.807) is 19.1 Å². The molecule has 0 atom stereocenters. The van der Waals surface area contributed by atoms with Crippen LogP contribution in [0, 0.1) is 0 Å². The Balaban J connectivity index is 1.63. The number of hydrogen-bond acceptors (Lipinski definition) is 4. The number of alkyl halides is 3. The van der Waals surface area contributed by atoms with E-state index in [0.29, 0.717) is 24.4 Å². The minimum atomic E-state index is -4.45. The Morgan fingerprint density at radius 2 is 1.74 bits per heavy atom. The summed E-state index contributed by atoms with van der Waals surface area (Å²) in [5, 5.41) is 6.78. The highest BCUT2D eigenvalue weighted by atomic mass is 32.2. The van der Waals surface area contributed by atoms with Gasteiger partial charge in [0.2, 0.25) is 10.0 Å². The second-order valence-electron chi connectivity index (χ2n) is 6.98. The van der Waals surface area contributed by atoms with Crippen LogP contribution in [0.2, 0.25) is 0 Å². The molecule has 1 fully saturated rings. The molecule has 3 rings (SSSR count). The van der Waals surface area contributed by atoms with Gasteiger partial charge in [-0.2, -0.15) is 22.6 Å². The summed E-state index contributed by atoms with van der Waals surface area (Å²) in [5.74, 6) is 0. The molecule has 1 saturated heterocycles. The van der Waals surface area contributed by atoms with Gasteiger partial charge in [-0.15, -0.1) is 0 Å². The molecule has 0 spiro atoms. The molecule has 1 aliphatic rings. The maximum Gasteiger partial charge on any atom is 0.416 e. The third kappa shape index (κ3) is 5.81. The molecule has 1 heterocycles. The first-order valence-electron chi connectivity index (χ1n) is 9.46. The van der Waals surface area contributed by atoms with Gasteiger partial charge in [0.15, 0.2) is 5.11 Å². The average Bonchev–Trinajstić information content (AvgIpc) is 3.27. The Hall–Kier alpha value is -2.50. The molecular weight excluding hydrogens is 449 g/mol. The van der Waals surface area contributed by atoms with Crippen LogP contribution in [-0.2, 0) is 16.2 Å². The maximum absolute atomic E-state index is 12.8. The predicted molar refractivity (Wildman–Crippen MR) is 117 cm³/mol. The van der Waals surface area contributed by atoms with Gasteiger partial charge >= 0.3 is 6.18 Å². The van der Waals surface area contributed by atoms with E-state index in [4.69, 9.17) is 12.2 Å². The molecule has 0 aromatic heterocycles. The number of halogens is 3. The largest absolute Gasteiger partial charge is 0.416 e. The zero-order valence-corrected chi connectivity index (χ0v) is 18.2. The highest BCUT2D eigenvalue weighted by Gasteiger charge is 2.30. The second kappa shape index (κ2) is 9.33. The number of hydrazone groups is 1. The normalized spacial score (nSPS) is 15.7. The molecule has 0 saturated carbocycles. The number of sulfonamides is 1. The fraction of sp³-hybridized carbons (Fsp3) is 0.300. The lowest BCUT2D eigenvalue weighted by Crippen LogP contribution is -2.27. The topological polar surface area (TPSA) is 73.8 Å². The van der Waals surface area contributed by atoms with Gasteiger partial charge in [-0.25, -0.2) is 8.42 Å². The van der Waals surface area contributed by atoms with Gasteiger partial charge < -0.3 is 5.32 Å². The lowest BCUT2D eigenvalue weighted by atomic mass is 10.1. The molecule has 0 radical (unpaired) electrons. The maximum atomic E-state index is 12.8. The van der Waals surface area contributed by atoms with E-state index in [-0.39, 0.29) is 15.7 Å². The molecule has 11 heteroatoms. The van der Waals surface area contributed by atoms with Gasteiger partial charge in [0.1, 0.15) is 0 Å². The standard InChI is InChI=1S/C20H21F3N4O2S2/c1-14(15-7-9-18(10-8-15)31(28,29)27-11-2-3-12-27)25-26-19(30)24-17-6-4-5-16(13-17)20(21,22)23/h4-10,13H,2-3,11-12H2,1H3,(H2,24,26,30)/b25-14+. The van der Waals surface area contributed by atoms with E-state index >= 15 is 0 Å². The van der Waals surface area contributed by atoms with Crippen molar-refractivity contribution in [2.24, 2.45) is 5.10 Å². The van der Waals surface area contributed by atoms with Gasteiger partial charge in [0.25, 0.3) is 0 Å². The number of nitrogens with one attached hydrogen (secondary N) is 2. The Kier molecular flexibility index (Phi) is 6.97. The van der Waals surface area contributed by atoms with E-state index in [2.05, 4.69) is 15.8 Å². The monoisotopic (exact) mass is 470 g/mol. The van der Waals surface area contributed by atoms with Crippen molar-refractivity contribution in [3.63, 3.8) is 0 Å². The third-order valence-corrected chi connectivity index (χ3v) is 6.85. The van der Waals surface area contributed by atoms with Crippen LogP contribution in [-0.4, -0.2) is 36.6 Å². The summed E-state index contributed by atoms with van der Waals surface area (Å²) in [6, 6.07) is 11.0. The van der Waals surface area contributed by atoms with Crippen LogP contribution >= 0.6 is 12.2 Å². The van der Waals surface area contributed by atoms with Crippen LogP contribution in [0.5, 0.6) is 0 Å². The number of hydrogen-bond donors (Lipinski definition) is 2. The quantitative estimate of drug-likeness (QED) is 0.389. The van der Waals surface area contributed by atoms with Crippen LogP contribution in [0.4, 0.5) is 18.9 Å². The zero-order valence-electron chi connectivity index (χ0n) is 16.6. The number of thiocarbonyl (C=S) groups is 1. The molecule has 2 N–H and O–H groups in total. The first-order valence-corrected chi connectivity index (χ1v) is 11.3. The van der Waals surface area contributed by atoms with Crippen LogP contribution in [0.15, 0.2) is 58.5 Å². The Bertz CT molecular complexity index is 1080. The summed E-state index contributed by atoms with van der Waals surface area (Å²) >= 11 is 5.08. The summed E-state index contributed by atoms with van der Waals surface area (Å²) in [7, 11) is -3.49. The van der Waals surface area contributed by atoms with E-state index in [1.165, 1.54) is 28.6 Å². The number of rotatable bonds is 5. The second-order valence-corrected chi connectivity index (χ2v) is 9.32. The minimum absolute atomic E-state index is 0.0203. The predicted octanol–water partition coefficient (Wildman–Crippen LogP) is 4.20. The van der Waals surface area contributed by atoms with Crippen molar-refractivity contribution in [1.82, 2.24) is 9.73 Å². The van der Waals surface area contributed by atoms with Gasteiger partial charge in [0.05, 0.1) is 16.2 Å². The highest BCUT2D eigenvalue weighted by Crippen LogP contribution is 2.30. The molecule has 6 nitrogen and oxygen atoms in total. The summed E-state index contributed by atoms with van der Waals surface area (Å²) in [6.45, 7) is 2.76. The fourth-order valence-electron chi connectivity index (χ4n) is 3.08. The molecule has 2 aromatic rings. The molecule has 166 valence electrons. The number of nitrogens with zero attached hydrogens (tertiary/aromatic N) is 2. The number of anilines is 1. The van der Waals surface area contributed by atoms with Crippen molar-refractivity contribution in [2.75, 3.05) is 18.4 Å². The van der Waals surface area contributed by atoms with E-state index in [0.717, 1.165) is 25.0 Å². The first-order chi connectivity index (χ1) is 14.6. The van der Waals surface area contributed by atoms with Gasteiger partial charge in [-0.3, -0.25) is 5.43 Å². The molecule has 0 aliphatic carbocycles. The average molecular weight is 471 g/mol. The highest BCUT2D eigenvalue weighted by molar-refractivity contribution is 7.89. The van der Waals surface area contributed by atoms with Gasteiger partial charge in [0, 0.05) is 18.8 Å². The lowest BCUT2D eigenvalue weighted by Gasteiger charge is -2.15. The van der Waals surface area contributed by atoms with E-state index in [9.17, 15) is 21.6 Å². The fourth-order valence-corrected chi connectivity index (χ4v) is 4.76. The van der Waals surface area contributed by atoms with E-state index in [1.807, 2.05) is 0 Å². The summed E-state index contributed by atoms with van der Waals surface area (Å²) < 4.78 is 65.0. The van der Waals surface area contributed by atoms with Crippen molar-refractivity contribution in [3.8, 4) is 0 Å². The lowest BCUT2D eigenvalue weighted by molar-refractivity contribution is -0.137. The summed E-state index contributed by atoms with van der Waals surface area (Å²) in [4.78, 5) is 0.223. The van der Waals surface area contributed by atoms with Crippen LogP contribution < -0.4 is 10.7 Å². The number of benzene rings is 2. The first kappa shape index (κ1) is 23.2. The smallest absolute Gasteiger partial charge is 0.331 e. The molecular formula is C20H21F3N4O2S2. The molecule has 0 unspecified atom stereocenters. The van der Waals surface area contributed by atoms with Crippen molar-refractivity contribution >= 4 is 38.8 Å². The zero-order chi connectivity index (χ0) is 22.6. The van der Waals surface area contributed by atoms with Gasteiger partial charge in [-0.1, -0.05) is 18.2 Å². The Morgan fingerprint density at radius 1 is 1.10 bits per heavy atom. The molecule has 0 bridgehead atoms. The van der Waals surface area contributed by atoms with E-state index < -0.39 is 21.8 Å². The van der Waals surface area contributed by atoms with Crippen LogP contribution in [0.25, 0.3) is 0 Å². The third-order valence-electron chi connectivity index (χ3n) is 4.75. The summed E-state index contributed by atoms with van der Waals surface area (Å²) in [6.07, 6.45) is -2.72. The van der Waals surface area contributed by atoms with Crippen molar-refractivity contribution in [3.05, 3.63) is 59.7 Å². The molecule has 0 amide bonds. The molecule has 31 heavy (non-hydrogen) atoms.